The summed E-state index contributed by atoms with van der Waals surface area (Å²) in [5.41, 5.74) is 2.21. The van der Waals surface area contributed by atoms with E-state index in [1.807, 2.05) is 6.07 Å². The molecule has 6 heteroatoms. The fourth-order valence-electron chi connectivity index (χ4n) is 1.89. The van der Waals surface area contributed by atoms with Crippen LogP contribution in [0, 0.1) is 0 Å². The molecule has 0 aromatic carbocycles. The SMILES string of the molecule is C=C1COC(C2=Nc3nnccc3C2)C(=O)N1. The first kappa shape index (κ1) is 10.1. The number of rotatable bonds is 1. The van der Waals surface area contributed by atoms with Crippen molar-refractivity contribution in [3.05, 3.63) is 30.1 Å². The minimum Gasteiger partial charge on any atom is -0.356 e. The molecule has 86 valence electrons. The molecule has 1 N–H and O–H groups in total. The second-order valence-corrected chi connectivity index (χ2v) is 3.94. The molecular formula is C11H10N4O2. The molecule has 2 aliphatic rings. The van der Waals surface area contributed by atoms with E-state index < -0.39 is 6.10 Å². The van der Waals surface area contributed by atoms with Gasteiger partial charge < -0.3 is 10.1 Å². The number of carbonyl (C=O) groups is 1. The Morgan fingerprint density at radius 1 is 1.53 bits per heavy atom. The first-order chi connectivity index (χ1) is 8.24. The highest BCUT2D eigenvalue weighted by atomic mass is 16.5. The third kappa shape index (κ3) is 1.72. The molecule has 1 atom stereocenters. The van der Waals surface area contributed by atoms with Crippen LogP contribution in [-0.4, -0.2) is 34.5 Å². The topological polar surface area (TPSA) is 76.5 Å². The molecule has 0 bridgehead atoms. The molecule has 1 fully saturated rings. The van der Waals surface area contributed by atoms with Crippen LogP contribution in [0.5, 0.6) is 0 Å². The van der Waals surface area contributed by atoms with Crippen molar-refractivity contribution < 1.29 is 9.53 Å². The summed E-state index contributed by atoms with van der Waals surface area (Å²) in [4.78, 5) is 16.0. The molecule has 0 radical (unpaired) electrons. The highest BCUT2D eigenvalue weighted by Crippen LogP contribution is 2.25. The summed E-state index contributed by atoms with van der Waals surface area (Å²) < 4.78 is 5.43. The highest BCUT2D eigenvalue weighted by molar-refractivity contribution is 6.11. The van der Waals surface area contributed by atoms with Crippen LogP contribution in [0.25, 0.3) is 0 Å². The monoisotopic (exact) mass is 230 g/mol. The number of amides is 1. The largest absolute Gasteiger partial charge is 0.356 e. The Hall–Kier alpha value is -2.08. The predicted molar refractivity (Wildman–Crippen MR) is 59.9 cm³/mol. The van der Waals surface area contributed by atoms with Crippen LogP contribution in [-0.2, 0) is 16.0 Å². The van der Waals surface area contributed by atoms with Gasteiger partial charge in [-0.1, -0.05) is 6.58 Å². The van der Waals surface area contributed by atoms with Gasteiger partial charge in [-0.3, -0.25) is 4.79 Å². The lowest BCUT2D eigenvalue weighted by atomic mass is 10.1. The second-order valence-electron chi connectivity index (χ2n) is 3.94. The van der Waals surface area contributed by atoms with Gasteiger partial charge in [0, 0.05) is 17.7 Å². The van der Waals surface area contributed by atoms with Gasteiger partial charge in [0.05, 0.1) is 18.5 Å². The smallest absolute Gasteiger partial charge is 0.259 e. The van der Waals surface area contributed by atoms with E-state index in [1.54, 1.807) is 6.20 Å². The molecule has 2 aliphatic heterocycles. The van der Waals surface area contributed by atoms with E-state index in [9.17, 15) is 4.79 Å². The number of carbonyl (C=O) groups excluding carboxylic acids is 1. The van der Waals surface area contributed by atoms with Crippen LogP contribution in [0.3, 0.4) is 0 Å². The number of ether oxygens (including phenoxy) is 1. The summed E-state index contributed by atoms with van der Waals surface area (Å²) in [7, 11) is 0. The fraction of sp³-hybridized carbons (Fsp3) is 0.273. The summed E-state index contributed by atoms with van der Waals surface area (Å²) in [6.07, 6.45) is 1.55. The predicted octanol–water partition coefficient (Wildman–Crippen LogP) is 0.134. The molecule has 0 aliphatic carbocycles. The highest BCUT2D eigenvalue weighted by Gasteiger charge is 2.32. The standard InChI is InChI=1S/C11H10N4O2/c1-6-5-17-9(11(16)13-6)8-4-7-2-3-12-15-10(7)14-8/h2-3,9H,1,4-5H2,(H,13,16). The van der Waals surface area contributed by atoms with Gasteiger partial charge in [0.2, 0.25) is 0 Å². The molecule has 3 rings (SSSR count). The maximum absolute atomic E-state index is 11.7. The number of hydrogen-bond donors (Lipinski definition) is 1. The number of aromatic nitrogens is 2. The number of fused-ring (bicyclic) bond motifs is 1. The maximum atomic E-state index is 11.7. The van der Waals surface area contributed by atoms with Crippen molar-refractivity contribution in [3.63, 3.8) is 0 Å². The van der Waals surface area contributed by atoms with E-state index in [2.05, 4.69) is 27.1 Å². The molecule has 17 heavy (non-hydrogen) atoms. The van der Waals surface area contributed by atoms with E-state index in [0.29, 0.717) is 30.3 Å². The summed E-state index contributed by atoms with van der Waals surface area (Å²) in [5.74, 6) is 0.351. The summed E-state index contributed by atoms with van der Waals surface area (Å²) in [6.45, 7) is 3.96. The Morgan fingerprint density at radius 3 is 3.18 bits per heavy atom. The molecule has 1 saturated heterocycles. The molecule has 1 unspecified atom stereocenters. The van der Waals surface area contributed by atoms with Crippen molar-refractivity contribution in [2.75, 3.05) is 6.61 Å². The third-order valence-electron chi connectivity index (χ3n) is 2.67. The third-order valence-corrected chi connectivity index (χ3v) is 2.67. The van der Waals surface area contributed by atoms with Gasteiger partial charge in [0.25, 0.3) is 5.91 Å². The zero-order valence-corrected chi connectivity index (χ0v) is 9.01. The van der Waals surface area contributed by atoms with Crippen molar-refractivity contribution in [2.45, 2.75) is 12.5 Å². The van der Waals surface area contributed by atoms with Crippen LogP contribution in [0.4, 0.5) is 5.82 Å². The lowest BCUT2D eigenvalue weighted by Gasteiger charge is -2.23. The Labute approximate surface area is 97.4 Å². The zero-order valence-electron chi connectivity index (χ0n) is 9.01. The molecule has 0 saturated carbocycles. The molecule has 1 aromatic rings. The molecule has 1 aromatic heterocycles. The van der Waals surface area contributed by atoms with E-state index in [0.717, 1.165) is 5.56 Å². The second kappa shape index (κ2) is 3.74. The summed E-state index contributed by atoms with van der Waals surface area (Å²) in [5, 5.41) is 10.3. The lowest BCUT2D eigenvalue weighted by Crippen LogP contribution is -2.47. The lowest BCUT2D eigenvalue weighted by molar-refractivity contribution is -0.130. The maximum Gasteiger partial charge on any atom is 0.259 e. The Kier molecular flexibility index (Phi) is 2.22. The minimum atomic E-state index is -0.644. The average molecular weight is 230 g/mol. The van der Waals surface area contributed by atoms with Gasteiger partial charge in [-0.2, -0.15) is 5.10 Å². The molecule has 1 amide bonds. The zero-order chi connectivity index (χ0) is 11.8. The first-order valence-corrected chi connectivity index (χ1v) is 5.22. The van der Waals surface area contributed by atoms with Gasteiger partial charge >= 0.3 is 0 Å². The summed E-state index contributed by atoms with van der Waals surface area (Å²) in [6, 6.07) is 1.85. The van der Waals surface area contributed by atoms with E-state index in [-0.39, 0.29) is 5.91 Å². The molecule has 3 heterocycles. The van der Waals surface area contributed by atoms with E-state index >= 15 is 0 Å². The Balaban J connectivity index is 1.84. The fourth-order valence-corrected chi connectivity index (χ4v) is 1.89. The van der Waals surface area contributed by atoms with Gasteiger partial charge in [-0.15, -0.1) is 5.10 Å². The average Bonchev–Trinajstić information content (AvgIpc) is 2.72. The van der Waals surface area contributed by atoms with Crippen LogP contribution in [0.2, 0.25) is 0 Å². The molecule has 0 spiro atoms. The van der Waals surface area contributed by atoms with Crippen LogP contribution in [0.1, 0.15) is 5.56 Å². The van der Waals surface area contributed by atoms with Crippen molar-refractivity contribution in [2.24, 2.45) is 4.99 Å². The van der Waals surface area contributed by atoms with Crippen LogP contribution in [0.15, 0.2) is 29.5 Å². The normalized spacial score (nSPS) is 23.1. The van der Waals surface area contributed by atoms with E-state index in [1.165, 1.54) is 0 Å². The van der Waals surface area contributed by atoms with Crippen molar-refractivity contribution in [1.29, 1.82) is 0 Å². The van der Waals surface area contributed by atoms with Gasteiger partial charge in [-0.05, 0) is 6.07 Å². The quantitative estimate of drug-likeness (QED) is 0.744. The van der Waals surface area contributed by atoms with E-state index in [4.69, 9.17) is 4.74 Å². The van der Waals surface area contributed by atoms with Crippen LogP contribution < -0.4 is 5.32 Å². The number of nitrogens with one attached hydrogen (secondary N) is 1. The van der Waals surface area contributed by atoms with Crippen molar-refractivity contribution in [3.8, 4) is 0 Å². The minimum absolute atomic E-state index is 0.222. The Bertz CT molecular complexity index is 538. The first-order valence-electron chi connectivity index (χ1n) is 5.22. The number of hydrogen-bond acceptors (Lipinski definition) is 5. The van der Waals surface area contributed by atoms with Gasteiger partial charge in [0.1, 0.15) is 0 Å². The number of aliphatic imine (C=N–C) groups is 1. The van der Waals surface area contributed by atoms with Gasteiger partial charge in [0.15, 0.2) is 11.9 Å². The van der Waals surface area contributed by atoms with Crippen LogP contribution >= 0.6 is 0 Å². The number of morpholine rings is 1. The number of nitrogens with zero attached hydrogens (tertiary/aromatic N) is 3. The summed E-state index contributed by atoms with van der Waals surface area (Å²) >= 11 is 0. The van der Waals surface area contributed by atoms with Crippen molar-refractivity contribution >= 4 is 17.4 Å². The Morgan fingerprint density at radius 2 is 2.41 bits per heavy atom. The van der Waals surface area contributed by atoms with Gasteiger partial charge in [-0.25, -0.2) is 4.99 Å². The van der Waals surface area contributed by atoms with Crippen molar-refractivity contribution in [1.82, 2.24) is 15.5 Å². The molecular weight excluding hydrogens is 220 g/mol. The molecule has 6 nitrogen and oxygen atoms in total.